The third-order valence-corrected chi connectivity index (χ3v) is 3.67. The van der Waals surface area contributed by atoms with Crippen molar-refractivity contribution in [1.29, 1.82) is 0 Å². The molecule has 20 heavy (non-hydrogen) atoms. The van der Waals surface area contributed by atoms with Crippen LogP contribution in [0.2, 0.25) is 0 Å². The third kappa shape index (κ3) is 2.92. The Bertz CT molecular complexity index is 505. The molecule has 7 heteroatoms. The van der Waals surface area contributed by atoms with Crippen LogP contribution in [0.4, 0.5) is 5.69 Å². The van der Waals surface area contributed by atoms with Gasteiger partial charge in [0.2, 0.25) is 5.91 Å². The summed E-state index contributed by atoms with van der Waals surface area (Å²) in [6.45, 7) is 2.47. The SMILES string of the molecule is CCn1cc(N)c(C(=O)N(CC(N)=O)C2CCCC2)n1. The molecule has 1 aromatic rings. The number of aromatic nitrogens is 2. The van der Waals surface area contributed by atoms with Gasteiger partial charge in [-0.25, -0.2) is 0 Å². The lowest BCUT2D eigenvalue weighted by Gasteiger charge is -2.27. The third-order valence-electron chi connectivity index (χ3n) is 3.67. The molecule has 0 unspecified atom stereocenters. The van der Waals surface area contributed by atoms with Crippen molar-refractivity contribution in [2.75, 3.05) is 12.3 Å². The second-order valence-corrected chi connectivity index (χ2v) is 5.13. The molecule has 1 saturated carbocycles. The second kappa shape index (κ2) is 5.94. The van der Waals surface area contributed by atoms with E-state index in [-0.39, 0.29) is 24.2 Å². The summed E-state index contributed by atoms with van der Waals surface area (Å²) in [5.74, 6) is -0.820. The van der Waals surface area contributed by atoms with Gasteiger partial charge in [0.25, 0.3) is 5.91 Å². The molecule has 0 aliphatic heterocycles. The lowest BCUT2D eigenvalue weighted by atomic mass is 10.2. The van der Waals surface area contributed by atoms with Crippen molar-refractivity contribution >= 4 is 17.5 Å². The molecule has 0 aromatic carbocycles. The van der Waals surface area contributed by atoms with Crippen molar-refractivity contribution in [3.8, 4) is 0 Å². The van der Waals surface area contributed by atoms with Gasteiger partial charge in [0.15, 0.2) is 5.69 Å². The number of carbonyl (C=O) groups excluding carboxylic acids is 2. The van der Waals surface area contributed by atoms with E-state index in [4.69, 9.17) is 11.5 Å². The maximum Gasteiger partial charge on any atom is 0.277 e. The molecule has 1 aromatic heterocycles. The largest absolute Gasteiger partial charge is 0.396 e. The summed E-state index contributed by atoms with van der Waals surface area (Å²) in [5, 5.41) is 4.18. The van der Waals surface area contributed by atoms with E-state index < -0.39 is 5.91 Å². The van der Waals surface area contributed by atoms with Crippen LogP contribution in [0, 0.1) is 0 Å². The number of amides is 2. The Morgan fingerprint density at radius 1 is 1.45 bits per heavy atom. The summed E-state index contributed by atoms with van der Waals surface area (Å²) >= 11 is 0. The van der Waals surface area contributed by atoms with Crippen LogP contribution in [0.25, 0.3) is 0 Å². The number of primary amides is 1. The molecule has 0 bridgehead atoms. The monoisotopic (exact) mass is 279 g/mol. The zero-order chi connectivity index (χ0) is 14.7. The van der Waals surface area contributed by atoms with Gasteiger partial charge in [-0.05, 0) is 19.8 Å². The number of rotatable bonds is 5. The highest BCUT2D eigenvalue weighted by molar-refractivity contribution is 5.99. The molecule has 2 rings (SSSR count). The minimum absolute atomic E-state index is 0.0566. The molecule has 7 nitrogen and oxygen atoms in total. The summed E-state index contributed by atoms with van der Waals surface area (Å²) in [5.41, 5.74) is 11.6. The van der Waals surface area contributed by atoms with E-state index in [1.165, 1.54) is 4.90 Å². The van der Waals surface area contributed by atoms with Gasteiger partial charge in [0.05, 0.1) is 12.2 Å². The first-order chi connectivity index (χ1) is 9.52. The van der Waals surface area contributed by atoms with Crippen LogP contribution in [-0.2, 0) is 11.3 Å². The molecule has 2 amide bonds. The minimum Gasteiger partial charge on any atom is -0.396 e. The van der Waals surface area contributed by atoms with Crippen LogP contribution in [0.3, 0.4) is 0 Å². The van der Waals surface area contributed by atoms with E-state index in [1.807, 2.05) is 6.92 Å². The van der Waals surface area contributed by atoms with Crippen molar-refractivity contribution in [2.24, 2.45) is 5.73 Å². The zero-order valence-electron chi connectivity index (χ0n) is 11.7. The van der Waals surface area contributed by atoms with Gasteiger partial charge in [-0.1, -0.05) is 12.8 Å². The van der Waals surface area contributed by atoms with Gasteiger partial charge in [0.1, 0.15) is 0 Å². The molecular weight excluding hydrogens is 258 g/mol. The molecule has 1 fully saturated rings. The molecule has 110 valence electrons. The van der Waals surface area contributed by atoms with Gasteiger partial charge >= 0.3 is 0 Å². The Kier molecular flexibility index (Phi) is 4.26. The molecule has 0 saturated heterocycles. The first-order valence-corrected chi connectivity index (χ1v) is 6.95. The van der Waals surface area contributed by atoms with Crippen LogP contribution >= 0.6 is 0 Å². The molecule has 0 radical (unpaired) electrons. The lowest BCUT2D eigenvalue weighted by Crippen LogP contribution is -2.44. The highest BCUT2D eigenvalue weighted by Crippen LogP contribution is 2.25. The predicted molar refractivity (Wildman–Crippen MR) is 74.8 cm³/mol. The first kappa shape index (κ1) is 14.4. The van der Waals surface area contributed by atoms with Gasteiger partial charge < -0.3 is 16.4 Å². The first-order valence-electron chi connectivity index (χ1n) is 6.95. The summed E-state index contributed by atoms with van der Waals surface area (Å²) in [6.07, 6.45) is 5.54. The maximum atomic E-state index is 12.6. The van der Waals surface area contributed by atoms with Crippen molar-refractivity contribution in [2.45, 2.75) is 45.2 Å². The number of aryl methyl sites for hydroxylation is 1. The van der Waals surface area contributed by atoms with Gasteiger partial charge in [0, 0.05) is 18.8 Å². The fraction of sp³-hybridized carbons (Fsp3) is 0.615. The Morgan fingerprint density at radius 2 is 2.10 bits per heavy atom. The van der Waals surface area contributed by atoms with Crippen LogP contribution < -0.4 is 11.5 Å². The van der Waals surface area contributed by atoms with E-state index in [0.717, 1.165) is 25.7 Å². The fourth-order valence-electron chi connectivity index (χ4n) is 2.65. The molecule has 1 aliphatic carbocycles. The summed E-state index contributed by atoms with van der Waals surface area (Å²) < 4.78 is 1.61. The summed E-state index contributed by atoms with van der Waals surface area (Å²) in [4.78, 5) is 25.3. The van der Waals surface area contributed by atoms with Gasteiger partial charge in [-0.2, -0.15) is 5.10 Å². The normalized spacial score (nSPS) is 15.4. The van der Waals surface area contributed by atoms with Crippen LogP contribution in [-0.4, -0.2) is 39.1 Å². The molecular formula is C13H21N5O2. The maximum absolute atomic E-state index is 12.6. The van der Waals surface area contributed by atoms with Crippen LogP contribution in [0.15, 0.2) is 6.20 Å². The molecule has 1 heterocycles. The average molecular weight is 279 g/mol. The Balaban J connectivity index is 2.24. The van der Waals surface area contributed by atoms with Crippen LogP contribution in [0.5, 0.6) is 0 Å². The van der Waals surface area contributed by atoms with E-state index in [2.05, 4.69) is 5.10 Å². The number of nitrogens with zero attached hydrogens (tertiary/aromatic N) is 3. The van der Waals surface area contributed by atoms with Crippen molar-refractivity contribution < 1.29 is 9.59 Å². The standard InChI is InChI=1S/C13H21N5O2/c1-2-17-7-10(14)12(16-17)13(20)18(8-11(15)19)9-5-3-4-6-9/h7,9H,2-6,8,14H2,1H3,(H2,15,19). The molecule has 0 spiro atoms. The Labute approximate surface area is 117 Å². The second-order valence-electron chi connectivity index (χ2n) is 5.13. The average Bonchev–Trinajstić information content (AvgIpc) is 3.04. The van der Waals surface area contributed by atoms with Crippen molar-refractivity contribution in [3.63, 3.8) is 0 Å². The predicted octanol–water partition coefficient (Wildman–Crippen LogP) is 0.355. The van der Waals surface area contributed by atoms with Gasteiger partial charge in [-0.15, -0.1) is 0 Å². The van der Waals surface area contributed by atoms with Crippen molar-refractivity contribution in [3.05, 3.63) is 11.9 Å². The smallest absolute Gasteiger partial charge is 0.277 e. The number of carbonyl (C=O) groups is 2. The Morgan fingerprint density at radius 3 is 2.60 bits per heavy atom. The number of anilines is 1. The molecule has 4 N–H and O–H groups in total. The highest BCUT2D eigenvalue weighted by atomic mass is 16.2. The van der Waals surface area contributed by atoms with E-state index in [1.54, 1.807) is 10.9 Å². The topological polar surface area (TPSA) is 107 Å². The van der Waals surface area contributed by atoms with E-state index in [0.29, 0.717) is 12.2 Å². The number of hydrogen-bond acceptors (Lipinski definition) is 4. The minimum atomic E-state index is -0.515. The van der Waals surface area contributed by atoms with E-state index in [9.17, 15) is 9.59 Å². The summed E-state index contributed by atoms with van der Waals surface area (Å²) in [7, 11) is 0. The Hall–Kier alpha value is -2.05. The number of nitrogens with two attached hydrogens (primary N) is 2. The molecule has 1 aliphatic rings. The number of nitrogen functional groups attached to an aromatic ring is 1. The number of hydrogen-bond donors (Lipinski definition) is 2. The summed E-state index contributed by atoms with van der Waals surface area (Å²) in [6, 6.07) is 0.0566. The highest BCUT2D eigenvalue weighted by Gasteiger charge is 2.30. The fourth-order valence-corrected chi connectivity index (χ4v) is 2.65. The zero-order valence-corrected chi connectivity index (χ0v) is 11.7. The van der Waals surface area contributed by atoms with Crippen LogP contribution in [0.1, 0.15) is 43.1 Å². The van der Waals surface area contributed by atoms with Gasteiger partial charge in [-0.3, -0.25) is 14.3 Å². The van der Waals surface area contributed by atoms with Crippen molar-refractivity contribution in [1.82, 2.24) is 14.7 Å². The quantitative estimate of drug-likeness (QED) is 0.811. The van der Waals surface area contributed by atoms with E-state index >= 15 is 0 Å². The molecule has 0 atom stereocenters. The lowest BCUT2D eigenvalue weighted by molar-refractivity contribution is -0.119.